The number of rotatable bonds is 17. The van der Waals surface area contributed by atoms with Crippen molar-refractivity contribution in [1.82, 2.24) is 24.8 Å². The lowest BCUT2D eigenvalue weighted by Crippen LogP contribution is -2.48. The molecule has 3 aromatic heterocycles. The van der Waals surface area contributed by atoms with Gasteiger partial charge < -0.3 is 29.3 Å². The van der Waals surface area contributed by atoms with Crippen molar-refractivity contribution < 1.29 is 38.1 Å². The van der Waals surface area contributed by atoms with Crippen molar-refractivity contribution >= 4 is 52.4 Å². The first kappa shape index (κ1) is 44.3. The van der Waals surface area contributed by atoms with Crippen LogP contribution < -0.4 is 14.8 Å². The number of ether oxygens (including phenoxy) is 3. The zero-order valence-corrected chi connectivity index (χ0v) is 37.5. The van der Waals surface area contributed by atoms with E-state index in [9.17, 15) is 23.8 Å². The number of ketones is 1. The predicted octanol–water partition coefficient (Wildman–Crippen LogP) is 8.24. The molecule has 4 aromatic rings. The molecule has 16 heteroatoms. The van der Waals surface area contributed by atoms with Crippen LogP contribution >= 0.6 is 18.7 Å². The quantitative estimate of drug-likeness (QED) is 0.0588. The molecule has 1 amide bonds. The number of amides is 1. The summed E-state index contributed by atoms with van der Waals surface area (Å²) >= 11 is 1.47. The molecule has 3 aliphatic rings. The maximum atomic E-state index is 15.0. The molecule has 14 nitrogen and oxygen atoms in total. The summed E-state index contributed by atoms with van der Waals surface area (Å²) in [7, 11) is -2.50. The normalized spacial score (nSPS) is 23.1. The van der Waals surface area contributed by atoms with Crippen LogP contribution in [0, 0.1) is 17.3 Å². The Morgan fingerprint density at radius 3 is 2.49 bits per heavy atom. The number of pyridine rings is 1. The van der Waals surface area contributed by atoms with Crippen LogP contribution in [0.2, 0.25) is 0 Å². The molecule has 326 valence electrons. The number of carbonyl (C=O) groups is 3. The minimum atomic E-state index is -4.08. The molecular weight excluding hydrogens is 816 g/mol. The monoisotopic (exact) mass is 872 g/mol. The van der Waals surface area contributed by atoms with E-state index in [4.69, 9.17) is 24.2 Å². The zero-order valence-electron chi connectivity index (χ0n) is 35.8. The number of likely N-dealkylation sites (tertiary alicyclic amines) is 1. The molecular formula is C45H57N6O8PS. The van der Waals surface area contributed by atoms with E-state index in [0.29, 0.717) is 40.2 Å². The summed E-state index contributed by atoms with van der Waals surface area (Å²) < 4.78 is 32.5. The summed E-state index contributed by atoms with van der Waals surface area (Å²) in [5.74, 6) is -1.06. The van der Waals surface area contributed by atoms with Crippen molar-refractivity contribution in [2.45, 2.75) is 122 Å². The first-order valence-electron chi connectivity index (χ1n) is 21.1. The number of thiazole rings is 1. The molecule has 1 aliphatic heterocycles. The molecule has 0 bridgehead atoms. The summed E-state index contributed by atoms with van der Waals surface area (Å²) in [6, 6.07) is 8.14. The number of aromatic nitrogens is 4. The number of allylic oxidation sites excluding steroid dienone is 1. The molecule has 2 N–H and O–H groups in total. The Labute approximate surface area is 361 Å². The second kappa shape index (κ2) is 17.9. The van der Waals surface area contributed by atoms with Gasteiger partial charge in [0.15, 0.2) is 10.9 Å². The third-order valence-electron chi connectivity index (χ3n) is 12.2. The van der Waals surface area contributed by atoms with Gasteiger partial charge in [0.25, 0.3) is 0 Å². The van der Waals surface area contributed by atoms with E-state index < -0.39 is 42.0 Å². The first-order valence-corrected chi connectivity index (χ1v) is 23.8. The van der Waals surface area contributed by atoms with Crippen molar-refractivity contribution in [3.63, 3.8) is 0 Å². The second-order valence-electron chi connectivity index (χ2n) is 18.0. The first-order chi connectivity index (χ1) is 29.0. The summed E-state index contributed by atoms with van der Waals surface area (Å²) in [6.45, 7) is 13.7. The highest BCUT2D eigenvalue weighted by Gasteiger charge is 2.65. The van der Waals surface area contributed by atoms with Crippen LogP contribution in [0.4, 0.5) is 5.13 Å². The lowest BCUT2D eigenvalue weighted by Gasteiger charge is -2.35. The molecule has 4 heterocycles. The maximum Gasteiger partial charge on any atom is 0.306 e. The Morgan fingerprint density at radius 2 is 1.84 bits per heavy atom. The van der Waals surface area contributed by atoms with Crippen LogP contribution in [0.3, 0.4) is 0 Å². The summed E-state index contributed by atoms with van der Waals surface area (Å²) in [4.78, 5) is 74.5. The SMILES string of the molecule is C=C[C@@H]1C[C@]1(CC(=O)[C@@H]1C[C@@H](Oc2cc(-c3csc(NC(C)C)n3)nc3cc(OC)ccc23)CN1C(=O)[C@@H](CC(=O)OC1CCCC1)C(C)(C)C)P(=O)(O)Cc1ncccn1. The van der Waals surface area contributed by atoms with Crippen LogP contribution in [0.5, 0.6) is 11.5 Å². The highest BCUT2D eigenvalue weighted by Crippen LogP contribution is 2.74. The van der Waals surface area contributed by atoms with E-state index in [2.05, 4.69) is 21.9 Å². The molecule has 0 radical (unpaired) electrons. The number of anilines is 1. The van der Waals surface area contributed by atoms with Crippen molar-refractivity contribution in [3.8, 4) is 22.9 Å². The predicted molar refractivity (Wildman–Crippen MR) is 235 cm³/mol. The van der Waals surface area contributed by atoms with Gasteiger partial charge in [-0.2, -0.15) is 0 Å². The van der Waals surface area contributed by atoms with Gasteiger partial charge in [-0.05, 0) is 75.5 Å². The number of benzene rings is 1. The Bertz CT molecular complexity index is 2310. The summed E-state index contributed by atoms with van der Waals surface area (Å²) in [5.41, 5.74) is 1.16. The number of esters is 1. The number of methoxy groups -OCH3 is 1. The largest absolute Gasteiger partial charge is 0.497 e. The fourth-order valence-corrected chi connectivity index (χ4v) is 12.0. The highest BCUT2D eigenvalue weighted by molar-refractivity contribution is 7.59. The molecule has 0 spiro atoms. The van der Waals surface area contributed by atoms with E-state index in [1.165, 1.54) is 28.6 Å². The number of Topliss-reactive ketones (excluding diaryl/α,β-unsaturated/α-hetero) is 1. The average Bonchev–Trinajstić information content (AvgIpc) is 3.61. The molecule has 1 aromatic carbocycles. The van der Waals surface area contributed by atoms with Crippen LogP contribution in [0.25, 0.3) is 22.3 Å². The summed E-state index contributed by atoms with van der Waals surface area (Å²) in [5, 5.41) is 5.43. The topological polar surface area (TPSA) is 183 Å². The fourth-order valence-electron chi connectivity index (χ4n) is 8.75. The van der Waals surface area contributed by atoms with E-state index in [1.54, 1.807) is 19.3 Å². The smallest absolute Gasteiger partial charge is 0.306 e. The molecule has 2 saturated carbocycles. The maximum absolute atomic E-state index is 15.0. The van der Waals surface area contributed by atoms with Gasteiger partial charge in [0.05, 0.1) is 54.6 Å². The number of nitrogens with one attached hydrogen (secondary N) is 1. The molecule has 3 fully saturated rings. The van der Waals surface area contributed by atoms with Crippen molar-refractivity contribution in [3.05, 3.63) is 66.6 Å². The second-order valence-corrected chi connectivity index (χ2v) is 21.5. The number of hydrogen-bond acceptors (Lipinski definition) is 13. The van der Waals surface area contributed by atoms with E-state index in [0.717, 1.165) is 30.8 Å². The van der Waals surface area contributed by atoms with Crippen LogP contribution in [0.15, 0.2) is 60.8 Å². The van der Waals surface area contributed by atoms with Crippen LogP contribution in [-0.4, -0.2) is 90.5 Å². The van der Waals surface area contributed by atoms with Gasteiger partial charge in [-0.3, -0.25) is 18.9 Å². The molecule has 6 atom stereocenters. The fraction of sp³-hybridized carbons (Fsp3) is 0.533. The number of hydrogen-bond donors (Lipinski definition) is 2. The van der Waals surface area contributed by atoms with Gasteiger partial charge in [-0.25, -0.2) is 19.9 Å². The average molecular weight is 873 g/mol. The molecule has 2 aliphatic carbocycles. The Hall–Kier alpha value is -4.72. The zero-order chi connectivity index (χ0) is 43.7. The third kappa shape index (κ3) is 9.84. The standard InChI is InChI=1S/C45H57N6O8PS/c1-8-28-22-45(28,60(55,56)25-40-46-16-11-17-47-40)23-38(52)37-19-31(24-51(37)42(54)33(44(4,5)6)20-41(53)59-29-12-9-10-13-29)58-39-21-35(36-26-61-43(50-36)48-27(2)3)49-34-18-30(57-7)14-15-32(34)39/h8,11,14-18,21,26-29,31,33,37H,1,9-10,12-13,19-20,22-25H2,2-7H3,(H,48,50)(H,55,56)/t28-,31-,33-,37+,45-/m1/s1. The molecule has 61 heavy (non-hydrogen) atoms. The van der Waals surface area contributed by atoms with Crippen molar-refractivity contribution in [1.29, 1.82) is 0 Å². The lowest BCUT2D eigenvalue weighted by atomic mass is 9.77. The van der Waals surface area contributed by atoms with Crippen molar-refractivity contribution in [2.24, 2.45) is 17.3 Å². The molecule has 1 saturated heterocycles. The van der Waals surface area contributed by atoms with E-state index >= 15 is 0 Å². The molecule has 7 rings (SSSR count). The van der Waals surface area contributed by atoms with Crippen molar-refractivity contribution in [2.75, 3.05) is 19.0 Å². The number of carbonyl (C=O) groups excluding carboxylic acids is 3. The van der Waals surface area contributed by atoms with E-state index in [-0.39, 0.29) is 67.5 Å². The van der Waals surface area contributed by atoms with Gasteiger partial charge in [-0.1, -0.05) is 26.8 Å². The Balaban J connectivity index is 1.22. The number of fused-ring (bicyclic) bond motifs is 1. The van der Waals surface area contributed by atoms with Gasteiger partial charge >= 0.3 is 5.97 Å². The third-order valence-corrected chi connectivity index (χ3v) is 15.8. The lowest BCUT2D eigenvalue weighted by molar-refractivity contribution is -0.156. The van der Waals surface area contributed by atoms with Gasteiger partial charge in [0.2, 0.25) is 13.3 Å². The minimum absolute atomic E-state index is 0.0421. The van der Waals surface area contributed by atoms with E-state index in [1.807, 2.05) is 64.3 Å². The van der Waals surface area contributed by atoms with Gasteiger partial charge in [0.1, 0.15) is 35.2 Å². The number of nitrogens with zero attached hydrogens (tertiary/aromatic N) is 5. The van der Waals surface area contributed by atoms with Gasteiger partial charge in [0, 0.05) is 54.2 Å². The Kier molecular flexibility index (Phi) is 13.0. The van der Waals surface area contributed by atoms with Gasteiger partial charge in [-0.15, -0.1) is 17.9 Å². The van der Waals surface area contributed by atoms with Crippen LogP contribution in [-0.2, 0) is 29.8 Å². The minimum Gasteiger partial charge on any atom is -0.497 e. The molecule has 1 unspecified atom stereocenters. The summed E-state index contributed by atoms with van der Waals surface area (Å²) in [6.07, 6.45) is 7.14. The van der Waals surface area contributed by atoms with Crippen LogP contribution in [0.1, 0.15) is 91.8 Å². The Morgan fingerprint density at radius 1 is 1.10 bits per heavy atom. The highest BCUT2D eigenvalue weighted by atomic mass is 32.1.